The van der Waals surface area contributed by atoms with Crippen molar-refractivity contribution in [1.82, 2.24) is 5.32 Å². The SMILES string of the molecule is O=C1NC(=S)SC1=Cc1cc2c(cc1[N+](=O)[O-])OCO2. The third-order valence-electron chi connectivity index (χ3n) is 2.65. The lowest BCUT2D eigenvalue weighted by molar-refractivity contribution is -0.385. The summed E-state index contributed by atoms with van der Waals surface area (Å²) in [6.45, 7) is 0.0197. The van der Waals surface area contributed by atoms with Crippen molar-refractivity contribution in [3.63, 3.8) is 0 Å². The molecule has 1 N–H and O–H groups in total. The van der Waals surface area contributed by atoms with E-state index in [0.29, 0.717) is 20.7 Å². The fraction of sp³-hybridized carbons (Fsp3) is 0.0909. The van der Waals surface area contributed by atoms with Crippen molar-refractivity contribution >= 4 is 46.0 Å². The van der Waals surface area contributed by atoms with Crippen LogP contribution in [-0.2, 0) is 4.79 Å². The van der Waals surface area contributed by atoms with Gasteiger partial charge in [-0.3, -0.25) is 14.9 Å². The molecule has 2 aliphatic heterocycles. The van der Waals surface area contributed by atoms with E-state index in [1.807, 2.05) is 0 Å². The van der Waals surface area contributed by atoms with Crippen LogP contribution in [0.2, 0.25) is 0 Å². The van der Waals surface area contributed by atoms with E-state index in [1.54, 1.807) is 0 Å². The van der Waals surface area contributed by atoms with Crippen molar-refractivity contribution in [1.29, 1.82) is 0 Å². The molecule has 7 nitrogen and oxygen atoms in total. The van der Waals surface area contributed by atoms with Crippen LogP contribution in [0.4, 0.5) is 5.69 Å². The van der Waals surface area contributed by atoms with Crippen molar-refractivity contribution in [3.8, 4) is 11.5 Å². The molecule has 0 aromatic heterocycles. The summed E-state index contributed by atoms with van der Waals surface area (Å²) in [7, 11) is 0. The molecule has 0 bridgehead atoms. The van der Waals surface area contributed by atoms with Crippen LogP contribution in [0.25, 0.3) is 6.08 Å². The van der Waals surface area contributed by atoms with E-state index >= 15 is 0 Å². The Morgan fingerprint density at radius 1 is 1.40 bits per heavy atom. The smallest absolute Gasteiger partial charge is 0.280 e. The zero-order valence-electron chi connectivity index (χ0n) is 9.74. The summed E-state index contributed by atoms with van der Waals surface area (Å²) < 4.78 is 10.6. The van der Waals surface area contributed by atoms with Crippen LogP contribution >= 0.6 is 24.0 Å². The van der Waals surface area contributed by atoms with Crippen LogP contribution in [0, 0.1) is 10.1 Å². The van der Waals surface area contributed by atoms with Gasteiger partial charge in [-0.15, -0.1) is 0 Å². The van der Waals surface area contributed by atoms with Crippen LogP contribution in [-0.4, -0.2) is 21.9 Å². The molecule has 0 aliphatic carbocycles. The highest BCUT2D eigenvalue weighted by Crippen LogP contribution is 2.39. The molecule has 2 heterocycles. The molecule has 1 aromatic rings. The van der Waals surface area contributed by atoms with Crippen molar-refractivity contribution in [2.75, 3.05) is 6.79 Å². The number of amides is 1. The van der Waals surface area contributed by atoms with E-state index in [9.17, 15) is 14.9 Å². The van der Waals surface area contributed by atoms with Gasteiger partial charge in [-0.05, 0) is 12.1 Å². The predicted molar refractivity (Wildman–Crippen MR) is 75.5 cm³/mol. The number of rotatable bonds is 2. The minimum Gasteiger partial charge on any atom is -0.454 e. The second kappa shape index (κ2) is 4.76. The molecule has 20 heavy (non-hydrogen) atoms. The summed E-state index contributed by atoms with van der Waals surface area (Å²) in [5.41, 5.74) is 0.106. The molecule has 1 amide bonds. The fourth-order valence-electron chi connectivity index (χ4n) is 1.78. The average molecular weight is 310 g/mol. The Morgan fingerprint density at radius 2 is 2.10 bits per heavy atom. The number of ether oxygens (including phenoxy) is 2. The zero-order valence-corrected chi connectivity index (χ0v) is 11.4. The molecular weight excluding hydrogens is 304 g/mol. The molecule has 3 rings (SSSR count). The summed E-state index contributed by atoms with van der Waals surface area (Å²) in [5, 5.41) is 13.5. The van der Waals surface area contributed by atoms with Crippen molar-refractivity contribution < 1.29 is 19.2 Å². The molecule has 9 heteroatoms. The normalized spacial score (nSPS) is 18.5. The number of carbonyl (C=O) groups is 1. The number of benzene rings is 1. The topological polar surface area (TPSA) is 90.7 Å². The number of nitro benzene ring substituents is 1. The Kier molecular flexibility index (Phi) is 3.07. The molecule has 2 aliphatic rings. The van der Waals surface area contributed by atoms with Gasteiger partial charge in [0.2, 0.25) is 6.79 Å². The van der Waals surface area contributed by atoms with Crippen LogP contribution in [0.3, 0.4) is 0 Å². The third-order valence-corrected chi connectivity index (χ3v) is 3.81. The average Bonchev–Trinajstić information content (AvgIpc) is 2.94. The second-order valence-corrected chi connectivity index (χ2v) is 5.59. The highest BCUT2D eigenvalue weighted by molar-refractivity contribution is 8.26. The Balaban J connectivity index is 2.09. The highest BCUT2D eigenvalue weighted by atomic mass is 32.2. The van der Waals surface area contributed by atoms with Gasteiger partial charge >= 0.3 is 0 Å². The minimum atomic E-state index is -0.538. The number of fused-ring (bicyclic) bond motifs is 1. The van der Waals surface area contributed by atoms with E-state index in [1.165, 1.54) is 18.2 Å². The molecule has 1 aromatic carbocycles. The number of thioether (sulfide) groups is 1. The van der Waals surface area contributed by atoms with E-state index in [-0.39, 0.29) is 24.0 Å². The molecule has 1 fully saturated rings. The van der Waals surface area contributed by atoms with Gasteiger partial charge in [-0.25, -0.2) is 0 Å². The van der Waals surface area contributed by atoms with Gasteiger partial charge in [0.15, 0.2) is 11.5 Å². The summed E-state index contributed by atoms with van der Waals surface area (Å²) in [6.07, 6.45) is 1.42. The number of thiocarbonyl (C=S) groups is 1. The summed E-state index contributed by atoms with van der Waals surface area (Å²) in [5.74, 6) is 0.360. The van der Waals surface area contributed by atoms with Gasteiger partial charge in [0.25, 0.3) is 11.6 Å². The maximum Gasteiger partial charge on any atom is 0.280 e. The maximum absolute atomic E-state index is 11.6. The lowest BCUT2D eigenvalue weighted by atomic mass is 10.1. The molecule has 0 unspecified atom stereocenters. The van der Waals surface area contributed by atoms with Crippen molar-refractivity contribution in [2.45, 2.75) is 0 Å². The van der Waals surface area contributed by atoms with Crippen LogP contribution in [0.5, 0.6) is 11.5 Å². The van der Waals surface area contributed by atoms with Gasteiger partial charge in [-0.1, -0.05) is 24.0 Å². The Labute approximate surface area is 122 Å². The number of nitrogens with zero attached hydrogens (tertiary/aromatic N) is 1. The minimum absolute atomic E-state index is 0.0197. The van der Waals surface area contributed by atoms with Crippen molar-refractivity contribution in [2.24, 2.45) is 0 Å². The first-order valence-corrected chi connectivity index (χ1v) is 6.60. The highest BCUT2D eigenvalue weighted by Gasteiger charge is 2.26. The Morgan fingerprint density at radius 3 is 2.70 bits per heavy atom. The van der Waals surface area contributed by atoms with Gasteiger partial charge in [0, 0.05) is 0 Å². The molecule has 1 saturated heterocycles. The quantitative estimate of drug-likeness (QED) is 0.385. The van der Waals surface area contributed by atoms with Gasteiger partial charge in [0.05, 0.1) is 21.5 Å². The van der Waals surface area contributed by atoms with Crippen LogP contribution < -0.4 is 14.8 Å². The standard InChI is InChI=1S/C11H6N2O5S2/c14-10-9(20-11(19)12-10)2-5-1-7-8(18-4-17-7)3-6(5)13(15)16/h1-3H,4H2,(H,12,14,19). The van der Waals surface area contributed by atoms with E-state index in [2.05, 4.69) is 5.32 Å². The van der Waals surface area contributed by atoms with Gasteiger partial charge in [0.1, 0.15) is 4.32 Å². The lowest BCUT2D eigenvalue weighted by Gasteiger charge is -2.01. The monoisotopic (exact) mass is 310 g/mol. The Hall–Kier alpha value is -2.13. The third kappa shape index (κ3) is 2.21. The summed E-state index contributed by atoms with van der Waals surface area (Å²) in [6, 6.07) is 2.76. The first kappa shape index (κ1) is 12.9. The van der Waals surface area contributed by atoms with E-state index in [4.69, 9.17) is 21.7 Å². The number of carbonyl (C=O) groups excluding carboxylic acids is 1. The van der Waals surface area contributed by atoms with Gasteiger partial charge < -0.3 is 14.8 Å². The van der Waals surface area contributed by atoms with Crippen LogP contribution in [0.1, 0.15) is 5.56 Å². The number of nitrogens with one attached hydrogen (secondary N) is 1. The van der Waals surface area contributed by atoms with Crippen LogP contribution in [0.15, 0.2) is 17.0 Å². The molecule has 0 atom stereocenters. The molecular formula is C11H6N2O5S2. The van der Waals surface area contributed by atoms with E-state index < -0.39 is 4.92 Å². The van der Waals surface area contributed by atoms with Crippen molar-refractivity contribution in [3.05, 3.63) is 32.7 Å². The first-order valence-electron chi connectivity index (χ1n) is 5.37. The molecule has 0 spiro atoms. The lowest BCUT2D eigenvalue weighted by Crippen LogP contribution is -2.17. The number of hydrogen-bond donors (Lipinski definition) is 1. The summed E-state index contributed by atoms with van der Waals surface area (Å²) >= 11 is 5.92. The first-order chi connectivity index (χ1) is 9.54. The van der Waals surface area contributed by atoms with E-state index in [0.717, 1.165) is 11.8 Å². The molecule has 0 saturated carbocycles. The fourth-order valence-corrected chi connectivity index (χ4v) is 2.82. The molecule has 0 radical (unpaired) electrons. The molecule has 102 valence electrons. The predicted octanol–water partition coefficient (Wildman–Crippen LogP) is 1.81. The largest absolute Gasteiger partial charge is 0.454 e. The second-order valence-electron chi connectivity index (χ2n) is 3.87. The number of hydrogen-bond acceptors (Lipinski definition) is 7. The maximum atomic E-state index is 11.6. The number of nitro groups is 1. The zero-order chi connectivity index (χ0) is 14.3. The van der Waals surface area contributed by atoms with Gasteiger partial charge in [-0.2, -0.15) is 0 Å². The summed E-state index contributed by atoms with van der Waals surface area (Å²) in [4.78, 5) is 22.4. The Bertz CT molecular complexity index is 686.